The maximum Gasteiger partial charge on any atom is 0.326 e. The number of phenolic OH excluding ortho intramolecular Hbond substituents is 1. The zero-order valence-electron chi connectivity index (χ0n) is 29.4. The van der Waals surface area contributed by atoms with Crippen molar-refractivity contribution in [3.63, 3.8) is 0 Å². The SMILES string of the molecule is CC(C)C[C@H](NC(=O)[C@H](Cc1ccccc1)NC(=O)CNC(=O)[C@@H](C)NC(=O)[C@H](Cc1ccc(O)cc1)NC(=O)[C@@H](N)Cc1cccnc1)C(=O)O. The van der Waals surface area contributed by atoms with E-state index in [0.29, 0.717) is 11.1 Å². The highest BCUT2D eigenvalue weighted by Gasteiger charge is 2.29. The zero-order chi connectivity index (χ0) is 38.2. The van der Waals surface area contributed by atoms with Gasteiger partial charge in [0.05, 0.1) is 12.6 Å². The second kappa shape index (κ2) is 20.1. The van der Waals surface area contributed by atoms with Gasteiger partial charge in [-0.15, -0.1) is 0 Å². The molecule has 1 aromatic heterocycles. The van der Waals surface area contributed by atoms with E-state index in [1.807, 2.05) is 13.8 Å². The number of aromatic nitrogens is 1. The molecule has 9 N–H and O–H groups in total. The Kier molecular flexibility index (Phi) is 15.7. The Labute approximate surface area is 302 Å². The van der Waals surface area contributed by atoms with Gasteiger partial charge < -0.3 is 42.5 Å². The molecule has 0 unspecified atom stereocenters. The van der Waals surface area contributed by atoms with Gasteiger partial charge in [0, 0.05) is 25.2 Å². The molecule has 3 rings (SSSR count). The molecule has 15 heteroatoms. The van der Waals surface area contributed by atoms with Gasteiger partial charge >= 0.3 is 5.97 Å². The predicted molar refractivity (Wildman–Crippen MR) is 191 cm³/mol. The van der Waals surface area contributed by atoms with Gasteiger partial charge in [-0.25, -0.2) is 4.79 Å². The number of hydrogen-bond donors (Lipinski definition) is 8. The van der Waals surface area contributed by atoms with E-state index < -0.39 is 72.3 Å². The number of aromatic hydroxyl groups is 1. The van der Waals surface area contributed by atoms with E-state index in [2.05, 4.69) is 31.6 Å². The Balaban J connectivity index is 1.63. The smallest absolute Gasteiger partial charge is 0.326 e. The number of benzene rings is 2. The number of nitrogens with zero attached hydrogens (tertiary/aromatic N) is 1. The van der Waals surface area contributed by atoms with Gasteiger partial charge in [0.2, 0.25) is 29.5 Å². The first-order valence-corrected chi connectivity index (χ1v) is 16.9. The lowest BCUT2D eigenvalue weighted by Crippen LogP contribution is -2.57. The van der Waals surface area contributed by atoms with E-state index in [-0.39, 0.29) is 37.4 Å². The highest BCUT2D eigenvalue weighted by molar-refractivity contribution is 5.95. The van der Waals surface area contributed by atoms with Crippen molar-refractivity contribution in [1.82, 2.24) is 31.6 Å². The van der Waals surface area contributed by atoms with Crippen LogP contribution in [0.1, 0.15) is 43.9 Å². The Morgan fingerprint density at radius 2 is 1.25 bits per heavy atom. The van der Waals surface area contributed by atoms with Gasteiger partial charge in [0.1, 0.15) is 29.9 Å². The van der Waals surface area contributed by atoms with Crippen molar-refractivity contribution in [3.8, 4) is 5.75 Å². The minimum absolute atomic E-state index is 0.0129. The van der Waals surface area contributed by atoms with Crippen LogP contribution >= 0.6 is 0 Å². The highest BCUT2D eigenvalue weighted by atomic mass is 16.4. The van der Waals surface area contributed by atoms with Crippen LogP contribution in [0.15, 0.2) is 79.1 Å². The first-order chi connectivity index (χ1) is 24.7. The summed E-state index contributed by atoms with van der Waals surface area (Å²) in [5.41, 5.74) is 8.17. The van der Waals surface area contributed by atoms with Gasteiger partial charge in [0.15, 0.2) is 0 Å². The number of rotatable bonds is 19. The summed E-state index contributed by atoms with van der Waals surface area (Å²) in [5, 5.41) is 32.0. The third-order valence-corrected chi connectivity index (χ3v) is 7.96. The Morgan fingerprint density at radius 1 is 0.673 bits per heavy atom. The average molecular weight is 718 g/mol. The first-order valence-electron chi connectivity index (χ1n) is 16.9. The number of amides is 5. The molecule has 0 saturated carbocycles. The Hall–Kier alpha value is -5.83. The number of carboxylic acid groups (broad SMARTS) is 1. The lowest BCUT2D eigenvalue weighted by Gasteiger charge is -2.23. The monoisotopic (exact) mass is 717 g/mol. The van der Waals surface area contributed by atoms with Crippen molar-refractivity contribution in [2.24, 2.45) is 11.7 Å². The number of carbonyl (C=O) groups excluding carboxylic acids is 5. The van der Waals surface area contributed by atoms with Crippen LogP contribution in [0.4, 0.5) is 0 Å². The van der Waals surface area contributed by atoms with Gasteiger partial charge in [-0.1, -0.05) is 62.4 Å². The van der Waals surface area contributed by atoms with Crippen LogP contribution in [0.5, 0.6) is 5.75 Å². The minimum Gasteiger partial charge on any atom is -0.508 e. The molecule has 0 spiro atoms. The highest BCUT2D eigenvalue weighted by Crippen LogP contribution is 2.12. The largest absolute Gasteiger partial charge is 0.508 e. The molecular weight excluding hydrogens is 670 g/mol. The van der Waals surface area contributed by atoms with Crippen LogP contribution in [0.2, 0.25) is 0 Å². The molecule has 3 aromatic rings. The second-order valence-electron chi connectivity index (χ2n) is 12.9. The third kappa shape index (κ3) is 13.8. The summed E-state index contributed by atoms with van der Waals surface area (Å²) in [4.78, 5) is 81.4. The van der Waals surface area contributed by atoms with Crippen LogP contribution < -0.4 is 32.3 Å². The van der Waals surface area contributed by atoms with Crippen LogP contribution in [0, 0.1) is 5.92 Å². The van der Waals surface area contributed by atoms with Gasteiger partial charge in [-0.2, -0.15) is 0 Å². The first kappa shape index (κ1) is 40.6. The summed E-state index contributed by atoms with van der Waals surface area (Å²) < 4.78 is 0. The molecule has 0 radical (unpaired) electrons. The molecule has 0 aliphatic heterocycles. The van der Waals surface area contributed by atoms with Crippen molar-refractivity contribution < 1.29 is 39.0 Å². The topological polar surface area (TPSA) is 242 Å². The number of hydrogen-bond acceptors (Lipinski definition) is 9. The molecule has 278 valence electrons. The average Bonchev–Trinajstić information content (AvgIpc) is 3.11. The molecule has 15 nitrogen and oxygen atoms in total. The fourth-order valence-electron chi connectivity index (χ4n) is 5.19. The van der Waals surface area contributed by atoms with E-state index in [1.165, 1.54) is 19.1 Å². The lowest BCUT2D eigenvalue weighted by molar-refractivity contribution is -0.142. The number of carboxylic acids is 1. The van der Waals surface area contributed by atoms with Crippen molar-refractivity contribution in [2.75, 3.05) is 6.54 Å². The van der Waals surface area contributed by atoms with E-state index in [4.69, 9.17) is 5.73 Å². The summed E-state index contributed by atoms with van der Waals surface area (Å²) in [5.74, 6) is -4.65. The zero-order valence-corrected chi connectivity index (χ0v) is 29.4. The second-order valence-corrected chi connectivity index (χ2v) is 12.9. The Morgan fingerprint density at radius 3 is 1.85 bits per heavy atom. The summed E-state index contributed by atoms with van der Waals surface area (Å²) >= 11 is 0. The van der Waals surface area contributed by atoms with Crippen LogP contribution in [-0.2, 0) is 48.0 Å². The number of nitrogens with two attached hydrogens (primary N) is 1. The molecule has 2 aromatic carbocycles. The quantitative estimate of drug-likeness (QED) is 0.0846. The third-order valence-electron chi connectivity index (χ3n) is 7.96. The van der Waals surface area contributed by atoms with Crippen molar-refractivity contribution >= 4 is 35.5 Å². The molecule has 52 heavy (non-hydrogen) atoms. The fourth-order valence-corrected chi connectivity index (χ4v) is 5.19. The van der Waals surface area contributed by atoms with Crippen molar-refractivity contribution in [3.05, 3.63) is 95.8 Å². The molecule has 5 atom stereocenters. The number of pyridine rings is 1. The van der Waals surface area contributed by atoms with Gasteiger partial charge in [-0.05, 0) is 60.6 Å². The number of nitrogens with one attached hydrogen (secondary N) is 5. The molecule has 0 saturated heterocycles. The van der Waals surface area contributed by atoms with Gasteiger partial charge in [-0.3, -0.25) is 29.0 Å². The fraction of sp³-hybridized carbons (Fsp3) is 0.378. The van der Waals surface area contributed by atoms with Crippen molar-refractivity contribution in [2.45, 2.75) is 76.7 Å². The van der Waals surface area contributed by atoms with E-state index in [0.717, 1.165) is 5.56 Å². The van der Waals surface area contributed by atoms with Crippen LogP contribution in [0.3, 0.4) is 0 Å². The number of phenols is 1. The van der Waals surface area contributed by atoms with Gasteiger partial charge in [0.25, 0.3) is 0 Å². The summed E-state index contributed by atoms with van der Waals surface area (Å²) in [6.07, 6.45) is 3.59. The van der Waals surface area contributed by atoms with E-state index >= 15 is 0 Å². The summed E-state index contributed by atoms with van der Waals surface area (Å²) in [7, 11) is 0. The Bertz CT molecular complexity index is 1660. The molecule has 0 fully saturated rings. The standard InChI is InChI=1S/C37H47N7O8/c1-22(2)16-31(37(51)52)44-36(50)29(18-24-8-5-4-6-9-24)42-32(46)21-40-33(47)23(3)41-35(49)30(19-25-11-13-27(45)14-12-25)43-34(48)28(38)17-26-10-7-15-39-20-26/h4-15,20,22-23,28-31,45H,16-19,21,38H2,1-3H3,(H,40,47)(H,41,49)(H,42,46)(H,43,48)(H,44,50)(H,51,52)/t23-,28+,29+,30+,31+/m1/s1. The molecule has 0 aliphatic rings. The number of aliphatic carboxylic acids is 1. The molecule has 0 bridgehead atoms. The lowest BCUT2D eigenvalue weighted by atomic mass is 10.0. The van der Waals surface area contributed by atoms with Crippen LogP contribution in [-0.4, -0.2) is 87.5 Å². The molecule has 1 heterocycles. The normalized spacial score (nSPS) is 13.8. The summed E-state index contributed by atoms with van der Waals surface area (Å²) in [6, 6.07) is 12.7. The predicted octanol–water partition coefficient (Wildman–Crippen LogP) is 0.348. The van der Waals surface area contributed by atoms with E-state index in [1.54, 1.807) is 67.0 Å². The van der Waals surface area contributed by atoms with Crippen LogP contribution in [0.25, 0.3) is 0 Å². The molecular formula is C37H47N7O8. The minimum atomic E-state index is -1.20. The molecule has 0 aliphatic carbocycles. The summed E-state index contributed by atoms with van der Waals surface area (Å²) in [6.45, 7) is 4.49. The van der Waals surface area contributed by atoms with E-state index in [9.17, 15) is 39.0 Å². The number of carbonyl (C=O) groups is 6. The molecule has 5 amide bonds. The maximum atomic E-state index is 13.4. The maximum absolute atomic E-state index is 13.4. The van der Waals surface area contributed by atoms with Crippen molar-refractivity contribution in [1.29, 1.82) is 0 Å².